The summed E-state index contributed by atoms with van der Waals surface area (Å²) in [5.41, 5.74) is 3.25. The van der Waals surface area contributed by atoms with Crippen LogP contribution in [0.1, 0.15) is 47.9 Å². The molecule has 156 valence electrons. The van der Waals surface area contributed by atoms with Crippen LogP contribution in [0.15, 0.2) is 24.4 Å². The maximum Gasteiger partial charge on any atom is 0.354 e. The maximum absolute atomic E-state index is 11.8. The van der Waals surface area contributed by atoms with E-state index < -0.39 is 5.97 Å². The number of hydrogen-bond donors (Lipinski definition) is 1. The van der Waals surface area contributed by atoms with Gasteiger partial charge in [-0.1, -0.05) is 12.8 Å². The van der Waals surface area contributed by atoms with Crippen LogP contribution in [0.25, 0.3) is 22.2 Å². The van der Waals surface area contributed by atoms with Crippen LogP contribution >= 0.6 is 0 Å². The number of aryl methyl sites for hydroxylation is 1. The summed E-state index contributed by atoms with van der Waals surface area (Å²) in [5, 5.41) is 15.3. The van der Waals surface area contributed by atoms with Gasteiger partial charge >= 0.3 is 5.97 Å². The lowest BCUT2D eigenvalue weighted by Crippen LogP contribution is -2.36. The van der Waals surface area contributed by atoms with Crippen LogP contribution in [0.2, 0.25) is 0 Å². The number of fused-ring (bicyclic) bond motifs is 1. The smallest absolute Gasteiger partial charge is 0.354 e. The van der Waals surface area contributed by atoms with E-state index in [9.17, 15) is 9.90 Å². The van der Waals surface area contributed by atoms with Crippen LogP contribution in [-0.4, -0.2) is 57.1 Å². The summed E-state index contributed by atoms with van der Waals surface area (Å²) in [5.74, 6) is -0.128. The summed E-state index contributed by atoms with van der Waals surface area (Å²) < 4.78 is 7.36. The Labute approximate surface area is 174 Å². The third kappa shape index (κ3) is 3.31. The third-order valence-electron chi connectivity index (χ3n) is 6.12. The van der Waals surface area contributed by atoms with E-state index in [4.69, 9.17) is 9.84 Å². The average molecular weight is 407 g/mol. The molecule has 30 heavy (non-hydrogen) atoms. The molecule has 5 rings (SSSR count). The predicted molar refractivity (Wildman–Crippen MR) is 113 cm³/mol. The van der Waals surface area contributed by atoms with Crippen LogP contribution in [0.5, 0.6) is 0 Å². The molecule has 8 heteroatoms. The number of hydrogen-bond acceptors (Lipinski definition) is 6. The second kappa shape index (κ2) is 7.68. The summed E-state index contributed by atoms with van der Waals surface area (Å²) in [6.45, 7) is 5.02. The van der Waals surface area contributed by atoms with Crippen molar-refractivity contribution in [2.75, 3.05) is 31.2 Å². The SMILES string of the molecule is Cc1nn(C2CCCC2)c2nc(C(=O)O)cc(-c3ccc(N4CCOCC4)nc3)c12. The second-order valence-electron chi connectivity index (χ2n) is 8.03. The van der Waals surface area contributed by atoms with Gasteiger partial charge < -0.3 is 14.7 Å². The van der Waals surface area contributed by atoms with Gasteiger partial charge in [0, 0.05) is 30.2 Å². The van der Waals surface area contributed by atoms with E-state index >= 15 is 0 Å². The number of rotatable bonds is 4. The number of pyridine rings is 2. The van der Waals surface area contributed by atoms with E-state index in [-0.39, 0.29) is 11.7 Å². The molecule has 1 aliphatic heterocycles. The number of morpholine rings is 1. The van der Waals surface area contributed by atoms with E-state index in [1.807, 2.05) is 29.9 Å². The lowest BCUT2D eigenvalue weighted by molar-refractivity contribution is 0.0691. The molecule has 8 nitrogen and oxygen atoms in total. The van der Waals surface area contributed by atoms with Crippen molar-refractivity contribution in [3.8, 4) is 11.1 Å². The van der Waals surface area contributed by atoms with Gasteiger partial charge in [0.25, 0.3) is 0 Å². The van der Waals surface area contributed by atoms with Crippen LogP contribution in [0, 0.1) is 6.92 Å². The zero-order valence-electron chi connectivity index (χ0n) is 17.0. The lowest BCUT2D eigenvalue weighted by Gasteiger charge is -2.27. The number of nitrogens with zero attached hydrogens (tertiary/aromatic N) is 5. The van der Waals surface area contributed by atoms with Crippen molar-refractivity contribution in [2.45, 2.75) is 38.6 Å². The summed E-state index contributed by atoms with van der Waals surface area (Å²) in [7, 11) is 0. The minimum Gasteiger partial charge on any atom is -0.477 e. The van der Waals surface area contributed by atoms with Gasteiger partial charge in [0.2, 0.25) is 0 Å². The fourth-order valence-corrected chi connectivity index (χ4v) is 4.58. The Morgan fingerprint density at radius 1 is 1.20 bits per heavy atom. The molecule has 1 aliphatic carbocycles. The molecule has 1 saturated carbocycles. The van der Waals surface area contributed by atoms with E-state index in [2.05, 4.69) is 14.9 Å². The minimum absolute atomic E-state index is 0.0360. The minimum atomic E-state index is -1.03. The molecule has 0 radical (unpaired) electrons. The highest BCUT2D eigenvalue weighted by Gasteiger charge is 2.25. The molecule has 0 atom stereocenters. The van der Waals surface area contributed by atoms with Crippen molar-refractivity contribution in [2.24, 2.45) is 0 Å². The molecule has 0 bridgehead atoms. The summed E-state index contributed by atoms with van der Waals surface area (Å²) in [6, 6.07) is 5.92. The normalized spacial score (nSPS) is 17.7. The molecule has 1 N–H and O–H groups in total. The Kier molecular flexibility index (Phi) is 4.86. The number of aromatic carboxylic acids is 1. The van der Waals surface area contributed by atoms with Gasteiger partial charge in [-0.25, -0.2) is 19.4 Å². The molecular formula is C22H25N5O3. The molecular weight excluding hydrogens is 382 g/mol. The number of carboxylic acids is 1. The molecule has 2 fully saturated rings. The van der Waals surface area contributed by atoms with Gasteiger partial charge in [-0.15, -0.1) is 0 Å². The molecule has 3 aromatic heterocycles. The Bertz CT molecular complexity index is 1080. The van der Waals surface area contributed by atoms with Crippen molar-refractivity contribution in [3.63, 3.8) is 0 Å². The monoisotopic (exact) mass is 407 g/mol. The number of carboxylic acid groups (broad SMARTS) is 1. The lowest BCUT2D eigenvalue weighted by atomic mass is 10.0. The van der Waals surface area contributed by atoms with E-state index in [1.165, 1.54) is 12.8 Å². The van der Waals surface area contributed by atoms with Crippen molar-refractivity contribution in [1.29, 1.82) is 0 Å². The average Bonchev–Trinajstić information content (AvgIpc) is 3.42. The first kappa shape index (κ1) is 19.0. The van der Waals surface area contributed by atoms with Gasteiger partial charge in [-0.05, 0) is 43.5 Å². The molecule has 0 unspecified atom stereocenters. The Morgan fingerprint density at radius 2 is 1.97 bits per heavy atom. The zero-order valence-corrected chi connectivity index (χ0v) is 17.0. The highest BCUT2D eigenvalue weighted by molar-refractivity contribution is 5.99. The summed E-state index contributed by atoms with van der Waals surface area (Å²) >= 11 is 0. The Morgan fingerprint density at radius 3 is 2.63 bits per heavy atom. The van der Waals surface area contributed by atoms with Gasteiger partial charge in [0.15, 0.2) is 11.3 Å². The van der Waals surface area contributed by atoms with Crippen LogP contribution in [0.3, 0.4) is 0 Å². The van der Waals surface area contributed by atoms with Crippen molar-refractivity contribution >= 4 is 22.8 Å². The van der Waals surface area contributed by atoms with E-state index in [1.54, 1.807) is 6.07 Å². The molecule has 1 saturated heterocycles. The molecule has 4 heterocycles. The van der Waals surface area contributed by atoms with Gasteiger partial charge in [0.1, 0.15) is 5.82 Å². The standard InChI is InChI=1S/C22H25N5O3/c1-14-20-17(15-6-7-19(23-13-15)26-8-10-30-11-9-26)12-18(22(28)29)24-21(20)27(25-14)16-4-2-3-5-16/h6-7,12-13,16H,2-5,8-11H2,1H3,(H,28,29). The fraction of sp³-hybridized carbons (Fsp3) is 0.455. The highest BCUT2D eigenvalue weighted by atomic mass is 16.5. The third-order valence-corrected chi connectivity index (χ3v) is 6.12. The van der Waals surface area contributed by atoms with Gasteiger partial charge in [-0.3, -0.25) is 0 Å². The first-order valence-electron chi connectivity index (χ1n) is 10.5. The van der Waals surface area contributed by atoms with Crippen LogP contribution in [0.4, 0.5) is 5.82 Å². The molecule has 2 aliphatic rings. The molecule has 0 amide bonds. The number of ether oxygens (including phenoxy) is 1. The Hall–Kier alpha value is -3.00. The number of aromatic nitrogens is 4. The first-order valence-corrected chi connectivity index (χ1v) is 10.5. The molecule has 0 spiro atoms. The molecule has 3 aromatic rings. The van der Waals surface area contributed by atoms with Crippen molar-refractivity contribution in [1.82, 2.24) is 19.7 Å². The quantitative estimate of drug-likeness (QED) is 0.708. The Balaban J connectivity index is 1.61. The van der Waals surface area contributed by atoms with Crippen LogP contribution < -0.4 is 4.90 Å². The number of carbonyl (C=O) groups is 1. The fourth-order valence-electron chi connectivity index (χ4n) is 4.58. The van der Waals surface area contributed by atoms with Gasteiger partial charge in [0.05, 0.1) is 24.9 Å². The first-order chi connectivity index (χ1) is 14.6. The van der Waals surface area contributed by atoms with Crippen molar-refractivity contribution < 1.29 is 14.6 Å². The zero-order chi connectivity index (χ0) is 20.7. The maximum atomic E-state index is 11.8. The van der Waals surface area contributed by atoms with E-state index in [0.29, 0.717) is 18.9 Å². The van der Waals surface area contributed by atoms with E-state index in [0.717, 1.165) is 54.0 Å². The largest absolute Gasteiger partial charge is 0.477 e. The highest BCUT2D eigenvalue weighted by Crippen LogP contribution is 2.36. The number of anilines is 1. The molecule has 0 aromatic carbocycles. The summed E-state index contributed by atoms with van der Waals surface area (Å²) in [4.78, 5) is 23.1. The predicted octanol–water partition coefficient (Wildman–Crippen LogP) is 3.45. The second-order valence-corrected chi connectivity index (χ2v) is 8.03. The topological polar surface area (TPSA) is 93.4 Å². The van der Waals surface area contributed by atoms with Crippen molar-refractivity contribution in [3.05, 3.63) is 35.8 Å². The van der Waals surface area contributed by atoms with Gasteiger partial charge in [-0.2, -0.15) is 5.10 Å². The summed E-state index contributed by atoms with van der Waals surface area (Å²) in [6.07, 6.45) is 6.27. The van der Waals surface area contributed by atoms with Crippen LogP contribution in [-0.2, 0) is 4.74 Å².